The van der Waals surface area contributed by atoms with E-state index in [2.05, 4.69) is 4.98 Å². The quantitative estimate of drug-likeness (QED) is 0.760. The highest BCUT2D eigenvalue weighted by molar-refractivity contribution is 5.96. The minimum absolute atomic E-state index is 0.247. The average molecular weight is 244 g/mol. The highest BCUT2D eigenvalue weighted by Gasteiger charge is 2.30. The van der Waals surface area contributed by atoms with Crippen LogP contribution in [0.3, 0.4) is 0 Å². The van der Waals surface area contributed by atoms with Gasteiger partial charge in [-0.05, 0) is 17.5 Å². The molecule has 2 heterocycles. The molecule has 3 rings (SSSR count). The van der Waals surface area contributed by atoms with E-state index in [1.165, 1.54) is 4.90 Å². The summed E-state index contributed by atoms with van der Waals surface area (Å²) in [6, 6.07) is 8.79. The number of carbonyl (C=O) groups is 1. The number of aliphatic hydroxyl groups excluding tert-OH is 1. The highest BCUT2D eigenvalue weighted by atomic mass is 16.3. The van der Waals surface area contributed by atoms with Crippen molar-refractivity contribution < 1.29 is 9.90 Å². The molecule has 0 bridgehead atoms. The number of likely N-dealkylation sites (tertiary alicyclic amines) is 1. The van der Waals surface area contributed by atoms with E-state index in [-0.39, 0.29) is 17.2 Å². The number of fused-ring (bicyclic) bond motifs is 1. The van der Waals surface area contributed by atoms with Gasteiger partial charge in [-0.1, -0.05) is 18.2 Å². The minimum Gasteiger partial charge on any atom is -0.389 e. The summed E-state index contributed by atoms with van der Waals surface area (Å²) in [7, 11) is 0. The van der Waals surface area contributed by atoms with Crippen LogP contribution in [-0.2, 0) is 0 Å². The van der Waals surface area contributed by atoms with Crippen molar-refractivity contribution in [1.29, 1.82) is 0 Å². The molecule has 1 amide bonds. The lowest BCUT2D eigenvalue weighted by Crippen LogP contribution is -2.53. The number of aromatic amines is 1. The first-order chi connectivity index (χ1) is 8.65. The van der Waals surface area contributed by atoms with Crippen LogP contribution < -0.4 is 5.56 Å². The number of rotatable bonds is 1. The lowest BCUT2D eigenvalue weighted by atomic mass is 10.1. The zero-order valence-electron chi connectivity index (χ0n) is 9.59. The maximum Gasteiger partial charge on any atom is 0.270 e. The van der Waals surface area contributed by atoms with Crippen molar-refractivity contribution in [3.05, 3.63) is 46.4 Å². The number of hydrogen-bond donors (Lipinski definition) is 2. The first-order valence-electron chi connectivity index (χ1n) is 5.74. The molecule has 0 radical (unpaired) electrons. The molecule has 5 nitrogen and oxygen atoms in total. The molecular weight excluding hydrogens is 232 g/mol. The van der Waals surface area contributed by atoms with Crippen LogP contribution in [0, 0.1) is 0 Å². The van der Waals surface area contributed by atoms with Crippen LogP contribution in [-0.4, -0.2) is 40.1 Å². The van der Waals surface area contributed by atoms with Gasteiger partial charge in [0.05, 0.1) is 6.10 Å². The van der Waals surface area contributed by atoms with Crippen molar-refractivity contribution in [3.8, 4) is 0 Å². The maximum atomic E-state index is 12.0. The number of aliphatic hydroxyl groups is 1. The molecule has 1 aromatic carbocycles. The molecule has 1 aliphatic rings. The Balaban J connectivity index is 2.03. The van der Waals surface area contributed by atoms with Gasteiger partial charge in [0.2, 0.25) is 0 Å². The van der Waals surface area contributed by atoms with Crippen molar-refractivity contribution >= 4 is 16.7 Å². The number of nitrogens with zero attached hydrogens (tertiary/aromatic N) is 1. The number of carbonyl (C=O) groups excluding carboxylic acids is 1. The Bertz CT molecular complexity index is 671. The van der Waals surface area contributed by atoms with Crippen molar-refractivity contribution in [2.75, 3.05) is 13.1 Å². The van der Waals surface area contributed by atoms with Gasteiger partial charge >= 0.3 is 0 Å². The second kappa shape index (κ2) is 3.96. The zero-order chi connectivity index (χ0) is 12.7. The number of H-pyrrole nitrogens is 1. The first kappa shape index (κ1) is 11.0. The first-order valence-corrected chi connectivity index (χ1v) is 5.74. The molecule has 0 aliphatic carbocycles. The Labute approximate surface area is 103 Å². The van der Waals surface area contributed by atoms with E-state index in [1.54, 1.807) is 24.3 Å². The lowest BCUT2D eigenvalue weighted by Gasteiger charge is -2.35. The molecule has 1 aliphatic heterocycles. The van der Waals surface area contributed by atoms with E-state index in [4.69, 9.17) is 0 Å². The van der Waals surface area contributed by atoms with Crippen molar-refractivity contribution in [1.82, 2.24) is 9.88 Å². The Morgan fingerprint density at radius 3 is 2.78 bits per heavy atom. The van der Waals surface area contributed by atoms with Gasteiger partial charge in [0.15, 0.2) is 0 Å². The van der Waals surface area contributed by atoms with Crippen LogP contribution in [0.25, 0.3) is 10.8 Å². The topological polar surface area (TPSA) is 73.4 Å². The van der Waals surface area contributed by atoms with Gasteiger partial charge in [-0.3, -0.25) is 9.59 Å². The number of nitrogens with one attached hydrogen (secondary N) is 1. The molecule has 0 saturated carbocycles. The molecule has 2 N–H and O–H groups in total. The second-order valence-corrected chi connectivity index (χ2v) is 4.46. The van der Waals surface area contributed by atoms with Gasteiger partial charge in [0, 0.05) is 18.5 Å². The smallest absolute Gasteiger partial charge is 0.270 e. The SMILES string of the molecule is O=C(c1cc2ccccc2c(=O)[nH]1)N1CC(O)C1. The number of β-amino-alcohol motifs (C(OH)–C–C–N with tert-alkyl or cyclic N) is 1. The fourth-order valence-electron chi connectivity index (χ4n) is 2.12. The highest BCUT2D eigenvalue weighted by Crippen LogP contribution is 2.14. The standard InChI is InChI=1S/C13H12N2O3/c16-9-6-15(7-9)13(18)11-5-8-3-1-2-4-10(8)12(17)14-11/h1-5,9,16H,6-7H2,(H,14,17). The van der Waals surface area contributed by atoms with Crippen LogP contribution in [0.15, 0.2) is 35.1 Å². The minimum atomic E-state index is -0.443. The average Bonchev–Trinajstić information content (AvgIpc) is 2.34. The zero-order valence-corrected chi connectivity index (χ0v) is 9.59. The molecule has 5 heteroatoms. The maximum absolute atomic E-state index is 12.0. The molecule has 0 unspecified atom stereocenters. The summed E-state index contributed by atoms with van der Waals surface area (Å²) in [6.45, 7) is 0.654. The molecule has 0 atom stereocenters. The summed E-state index contributed by atoms with van der Waals surface area (Å²) < 4.78 is 0. The van der Waals surface area contributed by atoms with E-state index < -0.39 is 6.10 Å². The van der Waals surface area contributed by atoms with Gasteiger partial charge in [-0.2, -0.15) is 0 Å². The van der Waals surface area contributed by atoms with Gasteiger partial charge in [0.1, 0.15) is 5.69 Å². The Morgan fingerprint density at radius 1 is 1.33 bits per heavy atom. The summed E-state index contributed by atoms with van der Waals surface area (Å²) in [6.07, 6.45) is -0.443. The monoisotopic (exact) mass is 244 g/mol. The number of amides is 1. The normalized spacial score (nSPS) is 15.7. The van der Waals surface area contributed by atoms with E-state index in [0.29, 0.717) is 18.5 Å². The fourth-order valence-corrected chi connectivity index (χ4v) is 2.12. The molecule has 18 heavy (non-hydrogen) atoms. The van der Waals surface area contributed by atoms with Crippen molar-refractivity contribution in [2.24, 2.45) is 0 Å². The largest absolute Gasteiger partial charge is 0.389 e. The van der Waals surface area contributed by atoms with Gasteiger partial charge in [-0.15, -0.1) is 0 Å². The molecule has 1 aromatic heterocycles. The van der Waals surface area contributed by atoms with Gasteiger partial charge < -0.3 is 15.0 Å². The van der Waals surface area contributed by atoms with E-state index >= 15 is 0 Å². The van der Waals surface area contributed by atoms with Crippen LogP contribution >= 0.6 is 0 Å². The van der Waals surface area contributed by atoms with Crippen LogP contribution in [0.2, 0.25) is 0 Å². The Hall–Kier alpha value is -2.14. The molecule has 0 spiro atoms. The van der Waals surface area contributed by atoms with Crippen molar-refractivity contribution in [3.63, 3.8) is 0 Å². The summed E-state index contributed by atoms with van der Waals surface area (Å²) in [5.41, 5.74) is 0.00289. The molecule has 1 fully saturated rings. The number of aromatic nitrogens is 1. The van der Waals surface area contributed by atoms with Crippen LogP contribution in [0.4, 0.5) is 0 Å². The van der Waals surface area contributed by atoms with Crippen LogP contribution in [0.5, 0.6) is 0 Å². The lowest BCUT2D eigenvalue weighted by molar-refractivity contribution is 0.00550. The van der Waals surface area contributed by atoms with Crippen molar-refractivity contribution in [2.45, 2.75) is 6.10 Å². The number of hydrogen-bond acceptors (Lipinski definition) is 3. The summed E-state index contributed by atoms with van der Waals surface area (Å²) >= 11 is 0. The third-order valence-corrected chi connectivity index (χ3v) is 3.13. The molecule has 2 aromatic rings. The molecule has 1 saturated heterocycles. The third kappa shape index (κ3) is 1.69. The summed E-state index contributed by atoms with van der Waals surface area (Å²) in [5.74, 6) is -0.247. The Kier molecular flexibility index (Phi) is 2.41. The third-order valence-electron chi connectivity index (χ3n) is 3.13. The predicted octanol–water partition coefficient (Wildman–Crippen LogP) is 0.345. The number of pyridine rings is 1. The van der Waals surface area contributed by atoms with E-state index in [0.717, 1.165) is 5.39 Å². The van der Waals surface area contributed by atoms with Crippen LogP contribution in [0.1, 0.15) is 10.5 Å². The predicted molar refractivity (Wildman–Crippen MR) is 66.5 cm³/mol. The van der Waals surface area contributed by atoms with E-state index in [1.807, 2.05) is 6.07 Å². The Morgan fingerprint density at radius 2 is 2.06 bits per heavy atom. The summed E-state index contributed by atoms with van der Waals surface area (Å²) in [4.78, 5) is 27.9. The molecular formula is C13H12N2O3. The fraction of sp³-hybridized carbons (Fsp3) is 0.231. The van der Waals surface area contributed by atoms with Gasteiger partial charge in [-0.25, -0.2) is 0 Å². The molecule has 92 valence electrons. The van der Waals surface area contributed by atoms with Gasteiger partial charge in [0.25, 0.3) is 11.5 Å². The van der Waals surface area contributed by atoms with E-state index in [9.17, 15) is 14.7 Å². The number of benzene rings is 1. The second-order valence-electron chi connectivity index (χ2n) is 4.46. The summed E-state index contributed by atoms with van der Waals surface area (Å²) in [5, 5.41) is 10.5.